The molecule has 0 aromatic heterocycles. The second-order valence-corrected chi connectivity index (χ2v) is 6.32. The van der Waals surface area contributed by atoms with Gasteiger partial charge in [0.1, 0.15) is 5.82 Å². The second-order valence-electron chi connectivity index (χ2n) is 4.06. The van der Waals surface area contributed by atoms with Crippen LogP contribution in [0.3, 0.4) is 0 Å². The van der Waals surface area contributed by atoms with Gasteiger partial charge in [0.25, 0.3) is 0 Å². The van der Waals surface area contributed by atoms with E-state index in [4.69, 9.17) is 0 Å². The Labute approximate surface area is 106 Å². The van der Waals surface area contributed by atoms with E-state index >= 15 is 0 Å². The fourth-order valence-corrected chi connectivity index (χ4v) is 3.20. The largest absolute Gasteiger partial charge is 0.223 e. The van der Waals surface area contributed by atoms with Gasteiger partial charge in [-0.1, -0.05) is 30.3 Å². The Hall–Kier alpha value is -1.68. The minimum Gasteiger partial charge on any atom is -0.223 e. The van der Waals surface area contributed by atoms with Crippen molar-refractivity contribution in [3.8, 4) is 0 Å². The minimum absolute atomic E-state index is 0.252. The lowest BCUT2D eigenvalue weighted by Gasteiger charge is -2.13. The van der Waals surface area contributed by atoms with Crippen molar-refractivity contribution in [3.63, 3.8) is 0 Å². The first-order chi connectivity index (χ1) is 8.51. The highest BCUT2D eigenvalue weighted by Gasteiger charge is 2.24. The average molecular weight is 264 g/mol. The Morgan fingerprint density at radius 1 is 1.00 bits per heavy atom. The maximum Gasteiger partial charge on any atom is 0.185 e. The lowest BCUT2D eigenvalue weighted by molar-refractivity contribution is 0.585. The Bertz CT molecular complexity index is 636. The van der Waals surface area contributed by atoms with E-state index in [-0.39, 0.29) is 4.90 Å². The molecule has 2 aromatic carbocycles. The molecule has 0 spiro atoms. The number of halogens is 1. The SMILES string of the molecule is C[C@H](c1cccc(F)c1)S(=O)(=O)c1ccccc1. The molecule has 0 aliphatic heterocycles. The van der Waals surface area contributed by atoms with Crippen molar-refractivity contribution >= 4 is 9.84 Å². The van der Waals surface area contributed by atoms with Crippen LogP contribution in [0.4, 0.5) is 4.39 Å². The Morgan fingerprint density at radius 3 is 2.28 bits per heavy atom. The molecule has 0 saturated heterocycles. The third-order valence-electron chi connectivity index (χ3n) is 2.86. The van der Waals surface area contributed by atoms with Crippen molar-refractivity contribution in [2.24, 2.45) is 0 Å². The van der Waals surface area contributed by atoms with E-state index in [1.165, 1.54) is 18.2 Å². The predicted octanol–water partition coefficient (Wildman–Crippen LogP) is 3.36. The quantitative estimate of drug-likeness (QED) is 0.851. The molecule has 2 rings (SSSR count). The lowest BCUT2D eigenvalue weighted by Crippen LogP contribution is -2.10. The summed E-state index contributed by atoms with van der Waals surface area (Å²) in [5.41, 5.74) is 0.457. The van der Waals surface area contributed by atoms with Crippen LogP contribution in [0.2, 0.25) is 0 Å². The Kier molecular flexibility index (Phi) is 3.48. The van der Waals surface area contributed by atoms with Crippen molar-refractivity contribution in [2.45, 2.75) is 17.1 Å². The van der Waals surface area contributed by atoms with E-state index < -0.39 is 20.9 Å². The highest BCUT2D eigenvalue weighted by Crippen LogP contribution is 2.28. The zero-order valence-corrected chi connectivity index (χ0v) is 10.7. The summed E-state index contributed by atoms with van der Waals surface area (Å²) in [6.45, 7) is 1.57. The van der Waals surface area contributed by atoms with Gasteiger partial charge in [0.2, 0.25) is 0 Å². The maximum atomic E-state index is 13.1. The third kappa shape index (κ3) is 2.43. The summed E-state index contributed by atoms with van der Waals surface area (Å²) in [5, 5.41) is -0.768. The van der Waals surface area contributed by atoms with Crippen molar-refractivity contribution in [1.29, 1.82) is 0 Å². The molecular formula is C14H13FO2S. The van der Waals surface area contributed by atoms with Gasteiger partial charge >= 0.3 is 0 Å². The van der Waals surface area contributed by atoms with Gasteiger partial charge in [-0.2, -0.15) is 0 Å². The molecule has 0 aliphatic carbocycles. The van der Waals surface area contributed by atoms with E-state index in [9.17, 15) is 12.8 Å². The number of hydrogen-bond donors (Lipinski definition) is 0. The molecule has 0 unspecified atom stereocenters. The van der Waals surface area contributed by atoms with Gasteiger partial charge < -0.3 is 0 Å². The summed E-state index contributed by atoms with van der Waals surface area (Å²) in [5.74, 6) is -0.428. The van der Waals surface area contributed by atoms with Crippen LogP contribution in [0.5, 0.6) is 0 Å². The van der Waals surface area contributed by atoms with E-state index in [1.54, 1.807) is 43.3 Å². The lowest BCUT2D eigenvalue weighted by atomic mass is 10.2. The molecule has 94 valence electrons. The summed E-state index contributed by atoms with van der Waals surface area (Å²) in [7, 11) is -3.48. The highest BCUT2D eigenvalue weighted by molar-refractivity contribution is 7.91. The molecule has 2 aromatic rings. The summed E-state index contributed by atoms with van der Waals surface area (Å²) in [6, 6.07) is 13.9. The fourth-order valence-electron chi connectivity index (χ4n) is 1.75. The maximum absolute atomic E-state index is 13.1. The number of benzene rings is 2. The Morgan fingerprint density at radius 2 is 1.67 bits per heavy atom. The van der Waals surface area contributed by atoms with E-state index in [0.29, 0.717) is 5.56 Å². The van der Waals surface area contributed by atoms with E-state index in [0.717, 1.165) is 0 Å². The summed E-state index contributed by atoms with van der Waals surface area (Å²) >= 11 is 0. The number of rotatable bonds is 3. The molecule has 0 fully saturated rings. The van der Waals surface area contributed by atoms with Gasteiger partial charge in [-0.05, 0) is 36.8 Å². The monoisotopic (exact) mass is 264 g/mol. The van der Waals surface area contributed by atoms with E-state index in [2.05, 4.69) is 0 Å². The zero-order valence-electron chi connectivity index (χ0n) is 9.88. The molecule has 0 saturated carbocycles. The number of sulfone groups is 1. The van der Waals surface area contributed by atoms with Crippen LogP contribution in [0.1, 0.15) is 17.7 Å². The fraction of sp³-hybridized carbons (Fsp3) is 0.143. The van der Waals surface area contributed by atoms with Crippen LogP contribution >= 0.6 is 0 Å². The highest BCUT2D eigenvalue weighted by atomic mass is 32.2. The molecule has 4 heteroatoms. The normalized spacial score (nSPS) is 13.2. The van der Waals surface area contributed by atoms with Gasteiger partial charge in [-0.3, -0.25) is 0 Å². The van der Waals surface area contributed by atoms with Crippen molar-refractivity contribution in [2.75, 3.05) is 0 Å². The first-order valence-electron chi connectivity index (χ1n) is 5.56. The average Bonchev–Trinajstić information content (AvgIpc) is 2.39. The van der Waals surface area contributed by atoms with Crippen molar-refractivity contribution < 1.29 is 12.8 Å². The van der Waals surface area contributed by atoms with Crippen LogP contribution in [0.25, 0.3) is 0 Å². The van der Waals surface area contributed by atoms with Crippen LogP contribution in [0.15, 0.2) is 59.5 Å². The molecule has 2 nitrogen and oxygen atoms in total. The number of hydrogen-bond acceptors (Lipinski definition) is 2. The van der Waals surface area contributed by atoms with Crippen LogP contribution in [0, 0.1) is 5.82 Å². The molecule has 0 aliphatic rings. The predicted molar refractivity (Wildman–Crippen MR) is 68.4 cm³/mol. The van der Waals surface area contributed by atoms with Gasteiger partial charge in [-0.25, -0.2) is 12.8 Å². The first-order valence-corrected chi connectivity index (χ1v) is 7.11. The molecule has 18 heavy (non-hydrogen) atoms. The molecular weight excluding hydrogens is 251 g/mol. The van der Waals surface area contributed by atoms with Gasteiger partial charge in [0, 0.05) is 0 Å². The van der Waals surface area contributed by atoms with Gasteiger partial charge in [0.05, 0.1) is 10.1 Å². The second kappa shape index (κ2) is 4.90. The summed E-state index contributed by atoms with van der Waals surface area (Å²) in [4.78, 5) is 0.252. The summed E-state index contributed by atoms with van der Waals surface area (Å²) in [6.07, 6.45) is 0. The van der Waals surface area contributed by atoms with Crippen molar-refractivity contribution in [3.05, 3.63) is 66.0 Å². The van der Waals surface area contributed by atoms with Gasteiger partial charge in [0.15, 0.2) is 9.84 Å². The van der Waals surface area contributed by atoms with Crippen LogP contribution in [-0.2, 0) is 9.84 Å². The Balaban J connectivity index is 2.43. The molecule has 0 heterocycles. The van der Waals surface area contributed by atoms with Crippen LogP contribution < -0.4 is 0 Å². The zero-order chi connectivity index (χ0) is 13.2. The molecule has 0 amide bonds. The van der Waals surface area contributed by atoms with Gasteiger partial charge in [-0.15, -0.1) is 0 Å². The summed E-state index contributed by atoms with van der Waals surface area (Å²) < 4.78 is 37.8. The third-order valence-corrected chi connectivity index (χ3v) is 4.99. The topological polar surface area (TPSA) is 34.1 Å². The first kappa shape index (κ1) is 12.8. The molecule has 0 N–H and O–H groups in total. The standard InChI is InChI=1S/C14H13FO2S/c1-11(12-6-5-7-13(15)10-12)18(16,17)14-8-3-2-4-9-14/h2-11H,1H3/t11-/m1/s1. The smallest absolute Gasteiger partial charge is 0.185 e. The van der Waals surface area contributed by atoms with Crippen molar-refractivity contribution in [1.82, 2.24) is 0 Å². The molecule has 1 atom stereocenters. The molecule has 0 radical (unpaired) electrons. The minimum atomic E-state index is -3.48. The van der Waals surface area contributed by atoms with E-state index in [1.807, 2.05) is 0 Å². The van der Waals surface area contributed by atoms with Crippen LogP contribution in [-0.4, -0.2) is 8.42 Å². The molecule has 0 bridgehead atoms.